The molecule has 6 nitrogen and oxygen atoms in total. The van der Waals surface area contributed by atoms with Crippen LogP contribution in [0.25, 0.3) is 12.2 Å². The summed E-state index contributed by atoms with van der Waals surface area (Å²) in [6.07, 6.45) is 7.50. The summed E-state index contributed by atoms with van der Waals surface area (Å²) < 4.78 is 36.4. The Morgan fingerprint density at radius 3 is 2.06 bits per heavy atom. The molecular formula is C25H32O6P2. The Morgan fingerprint density at radius 1 is 0.848 bits per heavy atom. The fraction of sp³-hybridized carbons (Fsp3) is 0.320. The summed E-state index contributed by atoms with van der Waals surface area (Å²) in [6, 6.07) is 11.9. The molecule has 178 valence electrons. The van der Waals surface area contributed by atoms with Gasteiger partial charge in [0.2, 0.25) is 14.7 Å². The fourth-order valence-electron chi connectivity index (χ4n) is 2.91. The van der Waals surface area contributed by atoms with E-state index in [1.165, 1.54) is 18.2 Å². The number of aromatic hydroxyl groups is 1. The number of hydrogen-bond acceptors (Lipinski definition) is 6. The van der Waals surface area contributed by atoms with E-state index in [0.717, 1.165) is 5.56 Å². The number of carbonyl (C=O) groups is 1. The molecule has 0 heterocycles. The lowest BCUT2D eigenvalue weighted by molar-refractivity contribution is -0.110. The third kappa shape index (κ3) is 7.77. The number of benzene rings is 2. The Balaban J connectivity index is 2.12. The number of ketones is 1. The van der Waals surface area contributed by atoms with Crippen molar-refractivity contribution < 1.29 is 28.1 Å². The van der Waals surface area contributed by atoms with Crippen LogP contribution in [0.3, 0.4) is 0 Å². The zero-order valence-corrected chi connectivity index (χ0v) is 21.4. The summed E-state index contributed by atoms with van der Waals surface area (Å²) in [5.74, 6) is 0.201. The predicted octanol–water partition coefficient (Wildman–Crippen LogP) is 7.08. The highest BCUT2D eigenvalue weighted by atomic mass is 31.2. The largest absolute Gasteiger partial charge is 0.504 e. The van der Waals surface area contributed by atoms with E-state index in [1.54, 1.807) is 56.3 Å². The smallest absolute Gasteiger partial charge is 0.247 e. The molecule has 0 unspecified atom stereocenters. The first-order valence-electron chi connectivity index (χ1n) is 11.0. The van der Waals surface area contributed by atoms with Crippen LogP contribution in [0.15, 0.2) is 54.6 Å². The highest BCUT2D eigenvalue weighted by molar-refractivity contribution is 7.59. The maximum absolute atomic E-state index is 12.6. The molecule has 0 aliphatic rings. The summed E-state index contributed by atoms with van der Waals surface area (Å²) >= 11 is 0. The maximum atomic E-state index is 12.6. The molecule has 8 heteroatoms. The molecule has 2 rings (SSSR count). The number of allylic oxidation sites excluding steroid dienone is 2. The lowest BCUT2D eigenvalue weighted by Gasteiger charge is -2.17. The van der Waals surface area contributed by atoms with E-state index in [2.05, 4.69) is 0 Å². The second-order valence-electron chi connectivity index (χ2n) is 7.41. The van der Waals surface area contributed by atoms with Gasteiger partial charge in [0.1, 0.15) is 5.75 Å². The van der Waals surface area contributed by atoms with Crippen LogP contribution in [0.1, 0.15) is 38.8 Å². The Labute approximate surface area is 196 Å². The molecular weight excluding hydrogens is 458 g/mol. The highest BCUT2D eigenvalue weighted by Crippen LogP contribution is 2.49. The molecule has 0 bridgehead atoms. The van der Waals surface area contributed by atoms with Gasteiger partial charge in [-0.1, -0.05) is 58.0 Å². The molecule has 0 amide bonds. The van der Waals surface area contributed by atoms with Crippen LogP contribution in [0, 0.1) is 0 Å². The fourth-order valence-corrected chi connectivity index (χ4v) is 5.32. The van der Waals surface area contributed by atoms with Crippen molar-refractivity contribution in [2.24, 2.45) is 0 Å². The summed E-state index contributed by atoms with van der Waals surface area (Å²) in [5, 5.41) is 10.5. The lowest BCUT2D eigenvalue weighted by Crippen LogP contribution is -1.98. The number of rotatable bonds is 12. The molecule has 0 radical (unpaired) electrons. The predicted molar refractivity (Wildman–Crippen MR) is 136 cm³/mol. The van der Waals surface area contributed by atoms with Crippen molar-refractivity contribution in [3.05, 3.63) is 65.7 Å². The van der Waals surface area contributed by atoms with Gasteiger partial charge in [-0.2, -0.15) is 0 Å². The van der Waals surface area contributed by atoms with Crippen LogP contribution in [0.2, 0.25) is 0 Å². The van der Waals surface area contributed by atoms with Crippen molar-refractivity contribution in [1.82, 2.24) is 0 Å². The molecule has 2 aromatic rings. The normalized spacial score (nSPS) is 12.4. The molecule has 0 spiro atoms. The van der Waals surface area contributed by atoms with Gasteiger partial charge in [0.25, 0.3) is 0 Å². The van der Waals surface area contributed by atoms with E-state index >= 15 is 0 Å². The molecule has 0 saturated carbocycles. The van der Waals surface area contributed by atoms with Crippen LogP contribution in [-0.2, 0) is 13.9 Å². The van der Waals surface area contributed by atoms with Crippen molar-refractivity contribution in [1.29, 1.82) is 0 Å². The molecule has 0 aromatic heterocycles. The van der Waals surface area contributed by atoms with Crippen molar-refractivity contribution in [3.8, 4) is 17.2 Å². The topological polar surface area (TPSA) is 89.9 Å². The molecule has 0 fully saturated rings. The SMILES string of the molecule is CCP(=O)(CC)Oc1cccc(C=CC(=O)C=Cc2cccc(OP(=O)(CC)CC)c2O)c1. The number of phenolic OH excluding ortho intramolecular Hbond substituents is 1. The Kier molecular flexibility index (Phi) is 9.76. The van der Waals surface area contributed by atoms with Crippen molar-refractivity contribution in [3.63, 3.8) is 0 Å². The molecule has 0 aliphatic carbocycles. The van der Waals surface area contributed by atoms with Gasteiger partial charge in [0, 0.05) is 30.2 Å². The first kappa shape index (κ1) is 26.7. The second-order valence-corrected chi connectivity index (χ2v) is 13.6. The van der Waals surface area contributed by atoms with Gasteiger partial charge in [-0.3, -0.25) is 13.9 Å². The van der Waals surface area contributed by atoms with Crippen molar-refractivity contribution >= 4 is 32.7 Å². The third-order valence-corrected chi connectivity index (χ3v) is 10.1. The minimum absolute atomic E-state index is 0.139. The number of phenols is 1. The first-order chi connectivity index (χ1) is 15.7. The van der Waals surface area contributed by atoms with E-state index in [4.69, 9.17) is 9.05 Å². The van der Waals surface area contributed by atoms with Crippen LogP contribution < -0.4 is 9.05 Å². The number of para-hydroxylation sites is 1. The summed E-state index contributed by atoms with van der Waals surface area (Å²) in [6.45, 7) is 7.24. The molecule has 33 heavy (non-hydrogen) atoms. The lowest BCUT2D eigenvalue weighted by atomic mass is 10.1. The number of carbonyl (C=O) groups excluding carboxylic acids is 1. The van der Waals surface area contributed by atoms with E-state index in [-0.39, 0.29) is 17.3 Å². The average Bonchev–Trinajstić information content (AvgIpc) is 2.83. The quantitative estimate of drug-likeness (QED) is 0.253. The van der Waals surface area contributed by atoms with Crippen LogP contribution >= 0.6 is 14.7 Å². The minimum atomic E-state index is -2.84. The van der Waals surface area contributed by atoms with Gasteiger partial charge in [-0.05, 0) is 42.0 Å². The molecule has 1 N–H and O–H groups in total. The van der Waals surface area contributed by atoms with E-state index in [0.29, 0.717) is 36.0 Å². The molecule has 2 aromatic carbocycles. The van der Waals surface area contributed by atoms with E-state index in [1.807, 2.05) is 19.9 Å². The Morgan fingerprint density at radius 2 is 1.42 bits per heavy atom. The highest BCUT2D eigenvalue weighted by Gasteiger charge is 2.21. The van der Waals surface area contributed by atoms with Crippen LogP contribution in [0.5, 0.6) is 17.2 Å². The van der Waals surface area contributed by atoms with E-state index < -0.39 is 14.7 Å². The van der Waals surface area contributed by atoms with Gasteiger partial charge >= 0.3 is 0 Å². The second kappa shape index (κ2) is 12.1. The standard InChI is InChI=1S/C25H32O6P2/c1-5-32(28,6-2)30-23-13-9-11-20(19-23)15-17-22(26)18-16-21-12-10-14-24(25(21)27)31-33(29,7-3)8-4/h9-19,27H,5-8H2,1-4H3. The van der Waals surface area contributed by atoms with Gasteiger partial charge in [-0.15, -0.1) is 0 Å². The van der Waals surface area contributed by atoms with E-state index in [9.17, 15) is 19.0 Å². The number of hydrogen-bond donors (Lipinski definition) is 1. The molecule has 0 aliphatic heterocycles. The van der Waals surface area contributed by atoms with Crippen molar-refractivity contribution in [2.75, 3.05) is 24.6 Å². The zero-order valence-electron chi connectivity index (χ0n) is 19.6. The summed E-state index contributed by atoms with van der Waals surface area (Å²) in [5.41, 5.74) is 1.12. The summed E-state index contributed by atoms with van der Waals surface area (Å²) in [7, 11) is -5.53. The molecule has 0 saturated heterocycles. The first-order valence-corrected chi connectivity index (χ1v) is 15.0. The third-order valence-electron chi connectivity index (χ3n) is 5.22. The minimum Gasteiger partial charge on any atom is -0.504 e. The summed E-state index contributed by atoms with van der Waals surface area (Å²) in [4.78, 5) is 12.3. The monoisotopic (exact) mass is 490 g/mol. The van der Waals surface area contributed by atoms with Crippen LogP contribution in [-0.4, -0.2) is 35.5 Å². The van der Waals surface area contributed by atoms with Crippen LogP contribution in [0.4, 0.5) is 0 Å². The van der Waals surface area contributed by atoms with Crippen molar-refractivity contribution in [2.45, 2.75) is 27.7 Å². The molecule has 0 atom stereocenters. The maximum Gasteiger partial charge on any atom is 0.247 e. The Bertz CT molecular complexity index is 1100. The van der Waals surface area contributed by atoms with Gasteiger partial charge in [0.15, 0.2) is 17.3 Å². The zero-order chi connectivity index (χ0) is 24.5. The van der Waals surface area contributed by atoms with Gasteiger partial charge in [-0.25, -0.2) is 0 Å². The average molecular weight is 490 g/mol. The van der Waals surface area contributed by atoms with Gasteiger partial charge in [0.05, 0.1) is 0 Å². The Hall–Kier alpha value is -2.55. The van der Waals surface area contributed by atoms with Gasteiger partial charge < -0.3 is 14.2 Å².